The van der Waals surface area contributed by atoms with Crippen LogP contribution in [0.4, 0.5) is 26.3 Å². The summed E-state index contributed by atoms with van der Waals surface area (Å²) in [4.78, 5) is 29.6. The van der Waals surface area contributed by atoms with Crippen LogP contribution in [0.3, 0.4) is 0 Å². The quantitative estimate of drug-likeness (QED) is 0.480. The van der Waals surface area contributed by atoms with E-state index in [9.17, 15) is 40.7 Å². The highest BCUT2D eigenvalue weighted by Crippen LogP contribution is 2.23. The molecule has 0 unspecified atom stereocenters. The lowest BCUT2D eigenvalue weighted by molar-refractivity contribution is -0.193. The van der Waals surface area contributed by atoms with Gasteiger partial charge in [-0.1, -0.05) is 30.3 Å². The van der Waals surface area contributed by atoms with Gasteiger partial charge in [-0.2, -0.15) is 26.3 Å². The van der Waals surface area contributed by atoms with Crippen LogP contribution in [-0.2, 0) is 25.7 Å². The van der Waals surface area contributed by atoms with Gasteiger partial charge in [-0.25, -0.2) is 0 Å². The van der Waals surface area contributed by atoms with Crippen LogP contribution in [0.1, 0.15) is 12.5 Å². The standard InChI is InChI=1S/C9H10O2.C4F6O2/c1-8(10)11-7-9-5-3-2-4-6-9;5-3(6,7)1(11)2(12)4(8,9)10/h2-6H,7H2,1H3;. The number of alkyl halides is 6. The molecule has 0 fully saturated rings. The number of halogens is 6. The summed E-state index contributed by atoms with van der Waals surface area (Å²) in [5.74, 6) is -7.06. The average molecular weight is 344 g/mol. The van der Waals surface area contributed by atoms with Crippen molar-refractivity contribution in [3.63, 3.8) is 0 Å². The molecule has 23 heavy (non-hydrogen) atoms. The summed E-state index contributed by atoms with van der Waals surface area (Å²) in [6, 6.07) is 9.60. The van der Waals surface area contributed by atoms with E-state index in [0.29, 0.717) is 6.61 Å². The maximum Gasteiger partial charge on any atom is 0.458 e. The van der Waals surface area contributed by atoms with Crippen LogP contribution in [0.25, 0.3) is 0 Å². The topological polar surface area (TPSA) is 60.4 Å². The SMILES string of the molecule is CC(=O)OCc1ccccc1.O=C(C(=O)C(F)(F)F)C(F)(F)F. The van der Waals surface area contributed by atoms with E-state index in [1.165, 1.54) is 6.92 Å². The fourth-order valence-electron chi connectivity index (χ4n) is 1.02. The molecule has 0 aliphatic carbocycles. The molecule has 0 saturated carbocycles. The number of benzene rings is 1. The Kier molecular flexibility index (Phi) is 7.44. The second kappa shape index (κ2) is 8.30. The first-order valence-corrected chi connectivity index (χ1v) is 5.75. The van der Waals surface area contributed by atoms with Crippen LogP contribution >= 0.6 is 0 Å². The summed E-state index contributed by atoms with van der Waals surface area (Å²) >= 11 is 0. The first-order valence-electron chi connectivity index (χ1n) is 5.75. The Bertz CT molecular complexity index is 524. The number of ether oxygens (including phenoxy) is 1. The van der Waals surface area contributed by atoms with Crippen molar-refractivity contribution < 1.29 is 45.5 Å². The normalized spacial score (nSPS) is 11.1. The number of hydrogen-bond donors (Lipinski definition) is 0. The first-order chi connectivity index (χ1) is 10.4. The lowest BCUT2D eigenvalue weighted by Gasteiger charge is -2.05. The van der Waals surface area contributed by atoms with E-state index in [-0.39, 0.29) is 5.97 Å². The second-order valence-corrected chi connectivity index (χ2v) is 3.92. The maximum absolute atomic E-state index is 11.2. The van der Waals surface area contributed by atoms with E-state index < -0.39 is 23.9 Å². The molecule has 4 nitrogen and oxygen atoms in total. The van der Waals surface area contributed by atoms with Crippen LogP contribution in [-0.4, -0.2) is 29.9 Å². The first kappa shape index (κ1) is 20.6. The Morgan fingerprint density at radius 3 is 1.57 bits per heavy atom. The minimum Gasteiger partial charge on any atom is -0.461 e. The Morgan fingerprint density at radius 2 is 1.26 bits per heavy atom. The highest BCUT2D eigenvalue weighted by molar-refractivity contribution is 6.41. The predicted octanol–water partition coefficient (Wildman–Crippen LogP) is 3.00. The Morgan fingerprint density at radius 1 is 0.870 bits per heavy atom. The number of esters is 1. The second-order valence-electron chi connectivity index (χ2n) is 3.92. The minimum atomic E-state index is -5.77. The minimum absolute atomic E-state index is 0.242. The molecule has 1 aromatic carbocycles. The molecule has 10 heteroatoms. The lowest BCUT2D eigenvalue weighted by Crippen LogP contribution is -2.39. The van der Waals surface area contributed by atoms with Gasteiger partial charge in [0.25, 0.3) is 0 Å². The van der Waals surface area contributed by atoms with Gasteiger partial charge in [0.1, 0.15) is 6.61 Å². The fraction of sp³-hybridized carbons (Fsp3) is 0.308. The summed E-state index contributed by atoms with van der Waals surface area (Å²) in [5.41, 5.74) is 1.02. The zero-order valence-electron chi connectivity index (χ0n) is 11.5. The van der Waals surface area contributed by atoms with E-state index in [1.807, 2.05) is 30.3 Å². The largest absolute Gasteiger partial charge is 0.461 e. The molecule has 0 saturated heterocycles. The molecule has 0 aromatic heterocycles. The Labute approximate surface area is 126 Å². The van der Waals surface area contributed by atoms with Crippen molar-refractivity contribution in [1.29, 1.82) is 0 Å². The summed E-state index contributed by atoms with van der Waals surface area (Å²) in [6.45, 7) is 1.78. The smallest absolute Gasteiger partial charge is 0.458 e. The molecule has 0 aliphatic rings. The van der Waals surface area contributed by atoms with E-state index >= 15 is 0 Å². The molecule has 0 heterocycles. The molecular formula is C13H10F6O4. The van der Waals surface area contributed by atoms with Gasteiger partial charge in [-0.3, -0.25) is 14.4 Å². The number of rotatable bonds is 3. The van der Waals surface area contributed by atoms with Gasteiger partial charge in [0, 0.05) is 6.92 Å². The number of carbonyl (C=O) groups is 3. The third-order valence-electron chi connectivity index (χ3n) is 2.01. The van der Waals surface area contributed by atoms with Gasteiger partial charge in [0.2, 0.25) is 0 Å². The van der Waals surface area contributed by atoms with Gasteiger partial charge < -0.3 is 4.74 Å². The predicted molar refractivity (Wildman–Crippen MR) is 64.0 cm³/mol. The fourth-order valence-corrected chi connectivity index (χ4v) is 1.02. The summed E-state index contributed by atoms with van der Waals surface area (Å²) < 4.78 is 71.7. The molecule has 1 aromatic rings. The molecular weight excluding hydrogens is 334 g/mol. The summed E-state index contributed by atoms with van der Waals surface area (Å²) in [7, 11) is 0. The van der Waals surface area contributed by atoms with Crippen molar-refractivity contribution in [2.24, 2.45) is 0 Å². The highest BCUT2D eigenvalue weighted by Gasteiger charge is 2.54. The highest BCUT2D eigenvalue weighted by atomic mass is 19.4. The van der Waals surface area contributed by atoms with Crippen molar-refractivity contribution in [2.45, 2.75) is 25.9 Å². The van der Waals surface area contributed by atoms with Gasteiger partial charge in [-0.15, -0.1) is 0 Å². The van der Waals surface area contributed by atoms with Gasteiger partial charge in [0.15, 0.2) is 0 Å². The maximum atomic E-state index is 11.2. The molecule has 0 atom stereocenters. The molecule has 0 radical (unpaired) electrons. The average Bonchev–Trinajstić information content (AvgIpc) is 2.43. The molecule has 0 bridgehead atoms. The molecule has 0 spiro atoms. The van der Waals surface area contributed by atoms with Crippen LogP contribution in [0.2, 0.25) is 0 Å². The van der Waals surface area contributed by atoms with E-state index in [0.717, 1.165) is 5.56 Å². The van der Waals surface area contributed by atoms with E-state index in [1.54, 1.807) is 0 Å². The summed E-state index contributed by atoms with van der Waals surface area (Å²) in [5, 5.41) is 0. The molecule has 0 amide bonds. The van der Waals surface area contributed by atoms with Crippen LogP contribution in [0, 0.1) is 0 Å². The van der Waals surface area contributed by atoms with Crippen molar-refractivity contribution in [3.8, 4) is 0 Å². The van der Waals surface area contributed by atoms with Crippen molar-refractivity contribution in [2.75, 3.05) is 0 Å². The van der Waals surface area contributed by atoms with Gasteiger partial charge in [-0.05, 0) is 5.56 Å². The monoisotopic (exact) mass is 344 g/mol. The third kappa shape index (κ3) is 8.59. The molecule has 1 rings (SSSR count). The number of Topliss-reactive ketones (excluding diaryl/α,β-unsaturated/α-hetero) is 2. The van der Waals surface area contributed by atoms with E-state index in [4.69, 9.17) is 4.74 Å². The zero-order valence-corrected chi connectivity index (χ0v) is 11.5. The van der Waals surface area contributed by atoms with Crippen LogP contribution in [0.5, 0.6) is 0 Å². The third-order valence-corrected chi connectivity index (χ3v) is 2.01. The van der Waals surface area contributed by atoms with Crippen molar-refractivity contribution >= 4 is 17.5 Å². The zero-order chi connectivity index (χ0) is 18.3. The Hall–Kier alpha value is -2.39. The van der Waals surface area contributed by atoms with Crippen molar-refractivity contribution in [3.05, 3.63) is 35.9 Å². The number of hydrogen-bond acceptors (Lipinski definition) is 4. The van der Waals surface area contributed by atoms with Crippen molar-refractivity contribution in [1.82, 2.24) is 0 Å². The summed E-state index contributed by atoms with van der Waals surface area (Å²) in [6.07, 6.45) is -11.5. The van der Waals surface area contributed by atoms with E-state index in [2.05, 4.69) is 0 Å². The van der Waals surface area contributed by atoms with Crippen LogP contribution < -0.4 is 0 Å². The van der Waals surface area contributed by atoms with Crippen LogP contribution in [0.15, 0.2) is 30.3 Å². The number of carbonyl (C=O) groups excluding carboxylic acids is 3. The molecule has 0 aliphatic heterocycles. The number of ketones is 2. The van der Waals surface area contributed by atoms with Gasteiger partial charge in [0.05, 0.1) is 0 Å². The molecule has 0 N–H and O–H groups in total. The lowest BCUT2D eigenvalue weighted by atomic mass is 10.2. The van der Waals surface area contributed by atoms with Gasteiger partial charge >= 0.3 is 29.9 Å². The molecule has 128 valence electrons. The Balaban J connectivity index is 0.000000422.